The molecule has 0 heterocycles. The van der Waals surface area contributed by atoms with Crippen molar-refractivity contribution in [1.82, 2.24) is 5.32 Å². The van der Waals surface area contributed by atoms with Crippen LogP contribution in [0.15, 0.2) is 91.0 Å². The van der Waals surface area contributed by atoms with Gasteiger partial charge >= 0.3 is 0 Å². The van der Waals surface area contributed by atoms with Crippen molar-refractivity contribution in [3.8, 4) is 5.75 Å². The van der Waals surface area contributed by atoms with Gasteiger partial charge in [-0.1, -0.05) is 60.7 Å². The Balaban J connectivity index is 1.84. The van der Waals surface area contributed by atoms with Gasteiger partial charge in [0.1, 0.15) is 5.75 Å². The lowest BCUT2D eigenvalue weighted by Crippen LogP contribution is -2.33. The summed E-state index contributed by atoms with van der Waals surface area (Å²) >= 11 is 5.51. The number of rotatable bonds is 5. The van der Waals surface area contributed by atoms with Crippen LogP contribution in [0.5, 0.6) is 5.75 Å². The quantitative estimate of drug-likeness (QED) is 0.220. The average Bonchev–Trinajstić information content (AvgIpc) is 2.78. The maximum absolute atomic E-state index is 11.7. The molecule has 0 aromatic heterocycles. The lowest BCUT2D eigenvalue weighted by atomic mass is 9.92. The van der Waals surface area contributed by atoms with Gasteiger partial charge in [-0.05, 0) is 47.3 Å². The van der Waals surface area contributed by atoms with Crippen LogP contribution in [0.4, 0.5) is 11.4 Å². The summed E-state index contributed by atoms with van der Waals surface area (Å²) in [5.41, 5.74) is 1.64. The number of thiocarbonyl (C=S) groups is 1. The minimum absolute atomic E-state index is 0.0249. The smallest absolute Gasteiger partial charge is 0.275 e. The molecule has 0 aliphatic carbocycles. The first-order valence-corrected chi connectivity index (χ1v) is 10.0. The van der Waals surface area contributed by atoms with Crippen LogP contribution in [-0.4, -0.2) is 15.1 Å². The molecule has 0 bridgehead atoms. The predicted octanol–water partition coefficient (Wildman–Crippen LogP) is 5.53. The van der Waals surface area contributed by atoms with Crippen molar-refractivity contribution >= 4 is 39.5 Å². The van der Waals surface area contributed by atoms with Crippen molar-refractivity contribution in [1.29, 1.82) is 0 Å². The minimum Gasteiger partial charge on any atom is -0.508 e. The number of hydrogen-bond donors (Lipinski definition) is 3. The maximum Gasteiger partial charge on any atom is 0.275 e. The third-order valence-corrected chi connectivity index (χ3v) is 5.21. The summed E-state index contributed by atoms with van der Waals surface area (Å²) in [7, 11) is 0. The fourth-order valence-electron chi connectivity index (χ4n) is 3.61. The number of nitro benzene ring substituents is 1. The lowest BCUT2D eigenvalue weighted by Gasteiger charge is -2.24. The van der Waals surface area contributed by atoms with Crippen molar-refractivity contribution < 1.29 is 10.0 Å². The number of fused-ring (bicyclic) bond motifs is 1. The molecular formula is C24H19N3O3S. The minimum atomic E-state index is -0.753. The number of benzene rings is 4. The van der Waals surface area contributed by atoms with Crippen LogP contribution in [0.3, 0.4) is 0 Å². The van der Waals surface area contributed by atoms with Crippen LogP contribution in [0.1, 0.15) is 17.2 Å². The highest BCUT2D eigenvalue weighted by atomic mass is 32.1. The van der Waals surface area contributed by atoms with E-state index >= 15 is 0 Å². The van der Waals surface area contributed by atoms with Crippen LogP contribution in [-0.2, 0) is 0 Å². The molecule has 0 fully saturated rings. The molecule has 31 heavy (non-hydrogen) atoms. The van der Waals surface area contributed by atoms with E-state index in [-0.39, 0.29) is 16.5 Å². The van der Waals surface area contributed by atoms with Gasteiger partial charge in [0.25, 0.3) is 5.69 Å². The van der Waals surface area contributed by atoms with Gasteiger partial charge in [-0.3, -0.25) is 10.1 Å². The predicted molar refractivity (Wildman–Crippen MR) is 126 cm³/mol. The van der Waals surface area contributed by atoms with E-state index in [4.69, 9.17) is 12.2 Å². The SMILES string of the molecule is O=[N+]([O-])c1ccccc1C(NC(=S)Nc1ccccc1)c1c(O)ccc2ccccc12. The summed E-state index contributed by atoms with van der Waals surface area (Å²) < 4.78 is 0. The second-order valence-electron chi connectivity index (χ2n) is 6.93. The Morgan fingerprint density at radius 3 is 2.35 bits per heavy atom. The molecule has 0 saturated carbocycles. The molecule has 3 N–H and O–H groups in total. The first-order chi connectivity index (χ1) is 15.0. The molecule has 4 aromatic carbocycles. The highest BCUT2D eigenvalue weighted by Gasteiger charge is 2.27. The molecule has 0 saturated heterocycles. The number of phenolic OH excluding ortho intramolecular Hbond substituents is 1. The lowest BCUT2D eigenvalue weighted by molar-refractivity contribution is -0.385. The highest BCUT2D eigenvalue weighted by Crippen LogP contribution is 2.38. The van der Waals surface area contributed by atoms with Gasteiger partial charge in [-0.2, -0.15) is 0 Å². The number of aromatic hydroxyl groups is 1. The highest BCUT2D eigenvalue weighted by molar-refractivity contribution is 7.80. The van der Waals surface area contributed by atoms with Crippen molar-refractivity contribution in [3.05, 3.63) is 112 Å². The van der Waals surface area contributed by atoms with Crippen LogP contribution >= 0.6 is 12.2 Å². The molecule has 7 heteroatoms. The fraction of sp³-hybridized carbons (Fsp3) is 0.0417. The van der Waals surface area contributed by atoms with E-state index in [0.717, 1.165) is 16.5 Å². The van der Waals surface area contributed by atoms with Crippen LogP contribution in [0.25, 0.3) is 10.8 Å². The molecule has 0 radical (unpaired) electrons. The average molecular weight is 430 g/mol. The number of nitro groups is 1. The van der Waals surface area contributed by atoms with E-state index in [1.54, 1.807) is 24.3 Å². The van der Waals surface area contributed by atoms with Gasteiger partial charge in [0.05, 0.1) is 16.5 Å². The molecule has 4 aromatic rings. The molecule has 0 spiro atoms. The van der Waals surface area contributed by atoms with Gasteiger partial charge in [-0.15, -0.1) is 0 Å². The van der Waals surface area contributed by atoms with E-state index in [1.807, 2.05) is 60.7 Å². The summed E-state index contributed by atoms with van der Waals surface area (Å²) in [6, 6.07) is 26.0. The molecule has 4 rings (SSSR count). The number of phenols is 1. The normalized spacial score (nSPS) is 11.6. The van der Waals surface area contributed by atoms with Gasteiger partial charge in [0, 0.05) is 17.3 Å². The number of nitrogens with zero attached hydrogens (tertiary/aromatic N) is 1. The summed E-state index contributed by atoms with van der Waals surface area (Å²) in [6.45, 7) is 0. The van der Waals surface area contributed by atoms with Crippen molar-refractivity contribution in [2.24, 2.45) is 0 Å². The molecule has 0 amide bonds. The fourth-order valence-corrected chi connectivity index (χ4v) is 3.85. The Bertz CT molecular complexity index is 1260. The van der Waals surface area contributed by atoms with E-state index in [2.05, 4.69) is 10.6 Å². The number of para-hydroxylation sites is 2. The van der Waals surface area contributed by atoms with Crippen molar-refractivity contribution in [2.45, 2.75) is 6.04 Å². The zero-order valence-electron chi connectivity index (χ0n) is 16.4. The Kier molecular flexibility index (Phi) is 5.77. The molecule has 154 valence electrons. The van der Waals surface area contributed by atoms with Crippen LogP contribution < -0.4 is 10.6 Å². The third-order valence-electron chi connectivity index (χ3n) is 4.99. The molecule has 6 nitrogen and oxygen atoms in total. The van der Waals surface area contributed by atoms with Gasteiger partial charge in [-0.25, -0.2) is 0 Å². The zero-order valence-corrected chi connectivity index (χ0v) is 17.2. The molecular weight excluding hydrogens is 410 g/mol. The Morgan fingerprint density at radius 1 is 0.903 bits per heavy atom. The first-order valence-electron chi connectivity index (χ1n) is 9.61. The van der Waals surface area contributed by atoms with E-state index in [1.165, 1.54) is 6.07 Å². The zero-order chi connectivity index (χ0) is 21.8. The summed E-state index contributed by atoms with van der Waals surface area (Å²) in [4.78, 5) is 11.3. The van der Waals surface area contributed by atoms with Gasteiger partial charge in [0.2, 0.25) is 0 Å². The molecule has 1 unspecified atom stereocenters. The largest absolute Gasteiger partial charge is 0.508 e. The first kappa shape index (κ1) is 20.3. The Morgan fingerprint density at radius 2 is 1.58 bits per heavy atom. The van der Waals surface area contributed by atoms with Crippen LogP contribution in [0, 0.1) is 10.1 Å². The Hall–Kier alpha value is -3.97. The standard InChI is InChI=1S/C24H19N3O3S/c28-21-15-14-16-8-4-5-11-18(16)22(21)23(19-12-6-7-13-20(19)27(29)30)26-24(31)25-17-9-2-1-3-10-17/h1-15,23,28H,(H2,25,26,31). The maximum atomic E-state index is 11.7. The number of anilines is 1. The van der Waals surface area contributed by atoms with Crippen molar-refractivity contribution in [3.63, 3.8) is 0 Å². The second-order valence-corrected chi connectivity index (χ2v) is 7.34. The topological polar surface area (TPSA) is 87.4 Å². The summed E-state index contributed by atoms with van der Waals surface area (Å²) in [6.07, 6.45) is 0. The van der Waals surface area contributed by atoms with E-state index in [9.17, 15) is 15.2 Å². The number of hydrogen-bond acceptors (Lipinski definition) is 4. The van der Waals surface area contributed by atoms with Crippen molar-refractivity contribution in [2.75, 3.05) is 5.32 Å². The van der Waals surface area contributed by atoms with Gasteiger partial charge < -0.3 is 15.7 Å². The third kappa shape index (κ3) is 4.31. The second kappa shape index (κ2) is 8.81. The summed E-state index contributed by atoms with van der Waals surface area (Å²) in [5, 5.41) is 30.8. The summed E-state index contributed by atoms with van der Waals surface area (Å²) in [5.74, 6) is 0.0249. The Labute approximate surface area is 184 Å². The molecule has 0 aliphatic rings. The molecule has 0 aliphatic heterocycles. The van der Waals surface area contributed by atoms with E-state index < -0.39 is 11.0 Å². The van der Waals surface area contributed by atoms with E-state index in [0.29, 0.717) is 11.1 Å². The molecule has 1 atom stereocenters. The van der Waals surface area contributed by atoms with Gasteiger partial charge in [0.15, 0.2) is 5.11 Å². The number of nitrogens with one attached hydrogen (secondary N) is 2. The van der Waals surface area contributed by atoms with Crippen LogP contribution in [0.2, 0.25) is 0 Å². The monoisotopic (exact) mass is 429 g/mol.